The minimum absolute atomic E-state index is 0.725. The summed E-state index contributed by atoms with van der Waals surface area (Å²) in [5.41, 5.74) is 0. The highest BCUT2D eigenvalue weighted by Gasteiger charge is 2.42. The van der Waals surface area contributed by atoms with Crippen molar-refractivity contribution in [1.82, 2.24) is 0 Å². The fraction of sp³-hybridized carbons (Fsp3) is 0.667. The van der Waals surface area contributed by atoms with Crippen molar-refractivity contribution in [2.45, 2.75) is 45.3 Å². The first-order chi connectivity index (χ1) is 10.1. The predicted octanol–water partition coefficient (Wildman–Crippen LogP) is 0.0334. The van der Waals surface area contributed by atoms with Crippen LogP contribution in [-0.4, -0.2) is 58.8 Å². The van der Waals surface area contributed by atoms with E-state index >= 15 is 0 Å². The molecule has 8 nitrogen and oxygen atoms in total. The van der Waals surface area contributed by atoms with E-state index in [-0.39, 0.29) is 0 Å². The van der Waals surface area contributed by atoms with E-state index in [0.29, 0.717) is 0 Å². The van der Waals surface area contributed by atoms with Crippen LogP contribution in [0.15, 0.2) is 0 Å². The molecule has 0 heterocycles. The van der Waals surface area contributed by atoms with Crippen LogP contribution in [0, 0.1) is 0 Å². The molecule has 10 heteroatoms. The molecule has 0 saturated heterocycles. The van der Waals surface area contributed by atoms with Crippen molar-refractivity contribution in [2.24, 2.45) is 0 Å². The lowest BCUT2D eigenvalue weighted by Crippen LogP contribution is -2.49. The number of carbonyl (C=O) groups is 4. The molecule has 4 atom stereocenters. The Labute approximate surface area is 134 Å². The SMILES string of the molecule is CC(=O)OC[C@@H](O)[C@@H](F)[C@H](OC(C)=O)[C@@H](OC(C)=O)C(=O)Br. The largest absolute Gasteiger partial charge is 0.463 e. The van der Waals surface area contributed by atoms with Gasteiger partial charge in [-0.05, 0) is 15.9 Å². The van der Waals surface area contributed by atoms with Gasteiger partial charge in [0.1, 0.15) is 12.7 Å². The molecule has 0 amide bonds. The molecule has 126 valence electrons. The Balaban J connectivity index is 5.21. The summed E-state index contributed by atoms with van der Waals surface area (Å²) in [6.07, 6.45) is -7.94. The lowest BCUT2D eigenvalue weighted by Gasteiger charge is -2.28. The topological polar surface area (TPSA) is 116 Å². The summed E-state index contributed by atoms with van der Waals surface area (Å²) < 4.78 is 26.9. The molecule has 0 unspecified atom stereocenters. The highest BCUT2D eigenvalue weighted by atomic mass is 79.9. The third-order valence-corrected chi connectivity index (χ3v) is 2.71. The van der Waals surface area contributed by atoms with Crippen molar-refractivity contribution < 1.29 is 42.9 Å². The predicted molar refractivity (Wildman–Crippen MR) is 72.6 cm³/mol. The second-order valence-corrected chi connectivity index (χ2v) is 5.00. The van der Waals surface area contributed by atoms with E-state index in [2.05, 4.69) is 30.1 Å². The number of alkyl halides is 1. The molecule has 0 aliphatic carbocycles. The third-order valence-electron chi connectivity index (χ3n) is 2.26. The Bertz CT molecular complexity index is 441. The first kappa shape index (κ1) is 20.5. The van der Waals surface area contributed by atoms with E-state index in [1.807, 2.05) is 0 Å². The number of aliphatic hydroxyl groups is 1. The standard InChI is InChI=1S/C12H16BrFO8/c1-5(15)20-4-8(18)9(14)10(21-6(2)16)11(12(13)19)22-7(3)17/h8-11,18H,4H2,1-3H3/t8-,9-,10+,11-/m1/s1. The Kier molecular flexibility index (Phi) is 8.80. The van der Waals surface area contributed by atoms with Crippen molar-refractivity contribution >= 4 is 38.5 Å². The smallest absolute Gasteiger partial charge is 0.303 e. The number of ether oxygens (including phenoxy) is 3. The maximum atomic E-state index is 14.2. The number of aliphatic hydroxyl groups excluding tert-OH is 1. The Morgan fingerprint density at radius 1 is 1.05 bits per heavy atom. The number of hydrogen-bond acceptors (Lipinski definition) is 8. The van der Waals surface area contributed by atoms with Crippen LogP contribution in [0.4, 0.5) is 4.39 Å². The van der Waals surface area contributed by atoms with Gasteiger partial charge in [0.15, 0.2) is 12.3 Å². The average Bonchev–Trinajstić information content (AvgIpc) is 2.38. The lowest BCUT2D eigenvalue weighted by atomic mass is 10.0. The summed E-state index contributed by atoms with van der Waals surface area (Å²) in [6, 6.07) is 0. The number of esters is 3. The summed E-state index contributed by atoms with van der Waals surface area (Å²) in [7, 11) is 0. The summed E-state index contributed by atoms with van der Waals surface area (Å²) in [5.74, 6) is -2.64. The van der Waals surface area contributed by atoms with Crippen LogP contribution >= 0.6 is 15.9 Å². The van der Waals surface area contributed by atoms with Gasteiger partial charge >= 0.3 is 17.9 Å². The molecular formula is C12H16BrFO8. The van der Waals surface area contributed by atoms with Crippen LogP contribution in [0.5, 0.6) is 0 Å². The molecule has 0 aliphatic heterocycles. The molecule has 0 aromatic heterocycles. The van der Waals surface area contributed by atoms with Gasteiger partial charge < -0.3 is 19.3 Å². The van der Waals surface area contributed by atoms with E-state index in [4.69, 9.17) is 0 Å². The van der Waals surface area contributed by atoms with Gasteiger partial charge in [0.2, 0.25) is 10.8 Å². The molecule has 0 spiro atoms. The molecule has 0 bridgehead atoms. The van der Waals surface area contributed by atoms with Gasteiger partial charge in [-0.2, -0.15) is 0 Å². The maximum Gasteiger partial charge on any atom is 0.303 e. The highest BCUT2D eigenvalue weighted by molar-refractivity contribution is 9.18. The second kappa shape index (κ2) is 9.46. The van der Waals surface area contributed by atoms with Crippen molar-refractivity contribution in [1.29, 1.82) is 0 Å². The molecule has 0 aromatic carbocycles. The van der Waals surface area contributed by atoms with Crippen LogP contribution in [0.3, 0.4) is 0 Å². The van der Waals surface area contributed by atoms with E-state index in [9.17, 15) is 28.7 Å². The molecule has 0 aliphatic rings. The zero-order chi connectivity index (χ0) is 17.4. The molecule has 0 fully saturated rings. The molecule has 22 heavy (non-hydrogen) atoms. The molecule has 0 aromatic rings. The maximum absolute atomic E-state index is 14.2. The van der Waals surface area contributed by atoms with Crippen molar-refractivity contribution in [3.63, 3.8) is 0 Å². The highest BCUT2D eigenvalue weighted by Crippen LogP contribution is 2.19. The van der Waals surface area contributed by atoms with Crippen LogP contribution in [0.25, 0.3) is 0 Å². The molecular weight excluding hydrogens is 371 g/mol. The first-order valence-electron chi connectivity index (χ1n) is 6.05. The normalized spacial score (nSPS) is 15.9. The van der Waals surface area contributed by atoms with Crippen molar-refractivity contribution in [2.75, 3.05) is 6.61 Å². The van der Waals surface area contributed by atoms with Crippen LogP contribution in [0.2, 0.25) is 0 Å². The van der Waals surface area contributed by atoms with Crippen LogP contribution in [-0.2, 0) is 33.4 Å². The van der Waals surface area contributed by atoms with Gasteiger partial charge in [0, 0.05) is 20.8 Å². The number of rotatable bonds is 8. The van der Waals surface area contributed by atoms with Gasteiger partial charge in [-0.25, -0.2) is 4.39 Å². The fourth-order valence-corrected chi connectivity index (χ4v) is 1.77. The zero-order valence-corrected chi connectivity index (χ0v) is 13.7. The van der Waals surface area contributed by atoms with Gasteiger partial charge in [0.25, 0.3) is 0 Å². The van der Waals surface area contributed by atoms with Crippen molar-refractivity contribution in [3.8, 4) is 0 Å². The van der Waals surface area contributed by atoms with Gasteiger partial charge in [0.05, 0.1) is 0 Å². The van der Waals surface area contributed by atoms with Crippen LogP contribution < -0.4 is 0 Å². The van der Waals surface area contributed by atoms with E-state index in [1.54, 1.807) is 0 Å². The average molecular weight is 387 g/mol. The second-order valence-electron chi connectivity index (χ2n) is 4.22. The molecule has 0 radical (unpaired) electrons. The van der Waals surface area contributed by atoms with Gasteiger partial charge in [-0.1, -0.05) is 0 Å². The number of carbonyl (C=O) groups excluding carboxylic acids is 4. The van der Waals surface area contributed by atoms with E-state index in [0.717, 1.165) is 20.8 Å². The number of hydrogen-bond donors (Lipinski definition) is 1. The summed E-state index contributed by atoms with van der Waals surface area (Å²) >= 11 is 2.50. The number of halogens is 2. The molecule has 0 rings (SSSR count). The summed E-state index contributed by atoms with van der Waals surface area (Å²) in [6.45, 7) is 2.24. The first-order valence-corrected chi connectivity index (χ1v) is 6.84. The Hall–Kier alpha value is -1.55. The zero-order valence-electron chi connectivity index (χ0n) is 12.1. The van der Waals surface area contributed by atoms with E-state index < -0.39 is 53.7 Å². The van der Waals surface area contributed by atoms with Crippen LogP contribution in [0.1, 0.15) is 20.8 Å². The Morgan fingerprint density at radius 2 is 1.55 bits per heavy atom. The van der Waals surface area contributed by atoms with Gasteiger partial charge in [-0.15, -0.1) is 0 Å². The Morgan fingerprint density at radius 3 is 1.91 bits per heavy atom. The minimum Gasteiger partial charge on any atom is -0.463 e. The van der Waals surface area contributed by atoms with E-state index in [1.165, 1.54) is 0 Å². The fourth-order valence-electron chi connectivity index (χ4n) is 1.42. The third kappa shape index (κ3) is 7.46. The molecule has 1 N–H and O–H groups in total. The van der Waals surface area contributed by atoms with Gasteiger partial charge in [-0.3, -0.25) is 19.2 Å². The monoisotopic (exact) mass is 386 g/mol. The quantitative estimate of drug-likeness (QED) is 0.353. The minimum atomic E-state index is -2.34. The molecule has 0 saturated carbocycles. The summed E-state index contributed by atoms with van der Waals surface area (Å²) in [5, 5.41) is 9.60. The van der Waals surface area contributed by atoms with Crippen molar-refractivity contribution in [3.05, 3.63) is 0 Å². The lowest BCUT2D eigenvalue weighted by molar-refractivity contribution is -0.178. The summed E-state index contributed by atoms with van der Waals surface area (Å²) in [4.78, 5) is 44.0.